The Bertz CT molecular complexity index is 386. The maximum atomic E-state index is 11.3. The van der Waals surface area contributed by atoms with Gasteiger partial charge in [-0.1, -0.05) is 55.9 Å². The van der Waals surface area contributed by atoms with Crippen LogP contribution in [0.5, 0.6) is 0 Å². The van der Waals surface area contributed by atoms with Gasteiger partial charge in [-0.3, -0.25) is 4.79 Å². The van der Waals surface area contributed by atoms with Gasteiger partial charge in [0, 0.05) is 15.4 Å². The average Bonchev–Trinajstić information content (AvgIpc) is 2.28. The number of carbonyl (C=O) groups excluding carboxylic acids is 1. The molecule has 0 rings (SSSR count). The second kappa shape index (κ2) is 9.91. The lowest BCUT2D eigenvalue weighted by Crippen LogP contribution is -2.36. The Labute approximate surface area is 128 Å². The monoisotopic (exact) mass is 398 g/mol. The molecule has 0 N–H and O–H groups in total. The van der Waals surface area contributed by atoms with Gasteiger partial charge in [0.05, 0.1) is 12.6 Å². The standard InChI is InChI=1S/C8H14BrN3O2.CH2BrN3/c1-7(2,11-12-10)5-8(3,9)6(13)14-4;2-1-4-5-3/h5H2,1-4H3;1H2. The van der Waals surface area contributed by atoms with Crippen LogP contribution in [0.2, 0.25) is 0 Å². The fourth-order valence-corrected chi connectivity index (χ4v) is 2.23. The summed E-state index contributed by atoms with van der Waals surface area (Å²) in [6.45, 7) is 5.21. The third-order valence-corrected chi connectivity index (χ3v) is 2.64. The SMILES string of the molecule is COC(=O)C(C)(Br)CC(C)(C)N=[N+]=[N-].[N-]=[N+]=NCBr. The van der Waals surface area contributed by atoms with Crippen molar-refractivity contribution in [2.45, 2.75) is 37.1 Å². The highest BCUT2D eigenvalue weighted by Gasteiger charge is 2.37. The zero-order valence-corrected chi connectivity index (χ0v) is 14.3. The minimum Gasteiger partial charge on any atom is -0.468 e. The van der Waals surface area contributed by atoms with Crippen molar-refractivity contribution >= 4 is 37.8 Å². The molecule has 0 spiro atoms. The molecule has 0 radical (unpaired) electrons. The lowest BCUT2D eigenvalue weighted by atomic mass is 9.92. The Morgan fingerprint density at radius 2 is 1.84 bits per heavy atom. The summed E-state index contributed by atoms with van der Waals surface area (Å²) in [7, 11) is 1.32. The van der Waals surface area contributed by atoms with Gasteiger partial charge >= 0.3 is 5.97 Å². The van der Waals surface area contributed by atoms with E-state index in [1.807, 2.05) is 0 Å². The van der Waals surface area contributed by atoms with Gasteiger partial charge < -0.3 is 4.74 Å². The van der Waals surface area contributed by atoms with Gasteiger partial charge in [0.1, 0.15) is 4.32 Å². The van der Waals surface area contributed by atoms with E-state index in [4.69, 9.17) is 11.1 Å². The number of halogens is 2. The van der Waals surface area contributed by atoms with E-state index in [9.17, 15) is 4.79 Å². The van der Waals surface area contributed by atoms with Crippen molar-refractivity contribution in [2.24, 2.45) is 10.2 Å². The van der Waals surface area contributed by atoms with Crippen LogP contribution in [0.1, 0.15) is 27.2 Å². The summed E-state index contributed by atoms with van der Waals surface area (Å²) >= 11 is 6.14. The van der Waals surface area contributed by atoms with Crippen molar-refractivity contribution in [3.63, 3.8) is 0 Å². The van der Waals surface area contributed by atoms with Gasteiger partial charge in [-0.2, -0.15) is 0 Å². The van der Waals surface area contributed by atoms with Gasteiger partial charge in [-0.25, -0.2) is 0 Å². The number of azide groups is 2. The fraction of sp³-hybridized carbons (Fsp3) is 0.889. The number of methoxy groups -OCH3 is 1. The zero-order chi connectivity index (χ0) is 15.5. The molecule has 0 aliphatic rings. The number of nitrogens with zero attached hydrogens (tertiary/aromatic N) is 6. The zero-order valence-electron chi connectivity index (χ0n) is 11.2. The van der Waals surface area contributed by atoms with Gasteiger partial charge in [-0.15, -0.1) is 0 Å². The predicted molar refractivity (Wildman–Crippen MR) is 80.1 cm³/mol. The molecule has 0 aliphatic carbocycles. The summed E-state index contributed by atoms with van der Waals surface area (Å²) in [4.78, 5) is 16.5. The third kappa shape index (κ3) is 10.6. The normalized spacial score (nSPS) is 12.7. The van der Waals surface area contributed by atoms with Crippen molar-refractivity contribution in [1.82, 2.24) is 0 Å². The first kappa shape index (κ1) is 20.4. The Balaban J connectivity index is 0. The smallest absolute Gasteiger partial charge is 0.322 e. The topological polar surface area (TPSA) is 124 Å². The van der Waals surface area contributed by atoms with Crippen molar-refractivity contribution < 1.29 is 9.53 Å². The van der Waals surface area contributed by atoms with E-state index in [-0.39, 0.29) is 5.97 Å². The number of esters is 1. The molecular weight excluding hydrogens is 384 g/mol. The highest BCUT2D eigenvalue weighted by atomic mass is 79.9. The van der Waals surface area contributed by atoms with Gasteiger partial charge in [0.2, 0.25) is 0 Å². The maximum absolute atomic E-state index is 11.3. The maximum Gasteiger partial charge on any atom is 0.322 e. The van der Waals surface area contributed by atoms with Crippen LogP contribution in [-0.4, -0.2) is 28.4 Å². The second-order valence-corrected chi connectivity index (χ2v) is 6.47. The average molecular weight is 400 g/mol. The van der Waals surface area contributed by atoms with Crippen molar-refractivity contribution in [3.8, 4) is 0 Å². The quantitative estimate of drug-likeness (QED) is 0.169. The first-order chi connectivity index (χ1) is 8.66. The Morgan fingerprint density at radius 1 is 1.32 bits per heavy atom. The van der Waals surface area contributed by atoms with Crippen LogP contribution in [-0.2, 0) is 9.53 Å². The molecule has 0 aromatic heterocycles. The first-order valence-electron chi connectivity index (χ1n) is 5.07. The van der Waals surface area contributed by atoms with Crippen LogP contribution in [0.3, 0.4) is 0 Å². The molecule has 0 aromatic carbocycles. The van der Waals surface area contributed by atoms with Crippen LogP contribution in [0.15, 0.2) is 10.2 Å². The van der Waals surface area contributed by atoms with Gasteiger partial charge in [0.25, 0.3) is 0 Å². The first-order valence-corrected chi connectivity index (χ1v) is 6.98. The van der Waals surface area contributed by atoms with Crippen LogP contribution in [0.25, 0.3) is 20.9 Å². The van der Waals surface area contributed by atoms with Crippen LogP contribution in [0.4, 0.5) is 0 Å². The molecule has 19 heavy (non-hydrogen) atoms. The number of rotatable bonds is 5. The number of carbonyl (C=O) groups is 1. The molecule has 10 heteroatoms. The summed E-state index contributed by atoms with van der Waals surface area (Å²) in [6.07, 6.45) is 0.372. The summed E-state index contributed by atoms with van der Waals surface area (Å²) < 4.78 is 3.80. The fourth-order valence-electron chi connectivity index (χ4n) is 1.28. The Hall–Kier alpha value is -0.950. The largest absolute Gasteiger partial charge is 0.468 e. The van der Waals surface area contributed by atoms with E-state index in [0.717, 1.165) is 0 Å². The van der Waals surface area contributed by atoms with Crippen molar-refractivity contribution in [2.75, 3.05) is 12.6 Å². The summed E-state index contributed by atoms with van der Waals surface area (Å²) in [5.41, 5.74) is 15.6. The van der Waals surface area contributed by atoms with E-state index in [1.54, 1.807) is 20.8 Å². The summed E-state index contributed by atoms with van der Waals surface area (Å²) in [5.74, 6) is -0.376. The summed E-state index contributed by atoms with van der Waals surface area (Å²) in [6, 6.07) is 0. The molecule has 0 heterocycles. The molecule has 0 saturated carbocycles. The molecule has 0 bridgehead atoms. The third-order valence-electron chi connectivity index (χ3n) is 1.81. The number of hydrogen-bond acceptors (Lipinski definition) is 4. The van der Waals surface area contributed by atoms with Crippen LogP contribution >= 0.6 is 31.9 Å². The van der Waals surface area contributed by atoms with Crippen LogP contribution in [0, 0.1) is 0 Å². The molecule has 1 unspecified atom stereocenters. The van der Waals surface area contributed by atoms with E-state index < -0.39 is 9.86 Å². The molecule has 0 saturated heterocycles. The van der Waals surface area contributed by atoms with Crippen molar-refractivity contribution in [1.29, 1.82) is 0 Å². The second-order valence-electron chi connectivity index (χ2n) is 4.22. The highest BCUT2D eigenvalue weighted by Crippen LogP contribution is 2.31. The molecule has 0 fully saturated rings. The lowest BCUT2D eigenvalue weighted by Gasteiger charge is -2.27. The van der Waals surface area contributed by atoms with Gasteiger partial charge in [0.15, 0.2) is 0 Å². The summed E-state index contributed by atoms with van der Waals surface area (Å²) in [5, 5.41) is 6.67. The number of ether oxygens (including phenoxy) is 1. The van der Waals surface area contributed by atoms with Gasteiger partial charge in [-0.05, 0) is 24.4 Å². The Morgan fingerprint density at radius 3 is 2.11 bits per heavy atom. The molecule has 0 aromatic rings. The Kier molecular flexibility index (Phi) is 10.6. The number of hydrogen-bond donors (Lipinski definition) is 0. The minimum atomic E-state index is -0.820. The molecule has 0 amide bonds. The van der Waals surface area contributed by atoms with E-state index >= 15 is 0 Å². The van der Waals surface area contributed by atoms with Crippen LogP contribution < -0.4 is 0 Å². The highest BCUT2D eigenvalue weighted by molar-refractivity contribution is 9.10. The number of alkyl halides is 2. The van der Waals surface area contributed by atoms with Crippen molar-refractivity contribution in [3.05, 3.63) is 20.9 Å². The van der Waals surface area contributed by atoms with E-state index in [2.05, 4.69) is 56.6 Å². The van der Waals surface area contributed by atoms with E-state index in [1.165, 1.54) is 7.11 Å². The lowest BCUT2D eigenvalue weighted by molar-refractivity contribution is -0.143. The molecule has 0 aliphatic heterocycles. The minimum absolute atomic E-state index is 0.365. The molecular formula is C9H16Br2N6O2. The molecule has 108 valence electrons. The molecule has 1 atom stereocenters. The molecule has 8 nitrogen and oxygen atoms in total. The predicted octanol–water partition coefficient (Wildman–Crippen LogP) is 4.44. The van der Waals surface area contributed by atoms with E-state index in [0.29, 0.717) is 11.9 Å².